The summed E-state index contributed by atoms with van der Waals surface area (Å²) in [6, 6.07) is 0. The quantitative estimate of drug-likeness (QED) is 0.543. The van der Waals surface area contributed by atoms with Gasteiger partial charge in [0.25, 0.3) is 0 Å². The first-order chi connectivity index (χ1) is 3.31. The van der Waals surface area contributed by atoms with E-state index in [2.05, 4.69) is 12.6 Å². The number of halogens is 1. The Labute approximate surface area is 49.5 Å². The standard InChI is InChI=1S/C5H11FS/c1-5(4-6)2-3-7/h5,7H,2-4H2,1H3. The molecule has 44 valence electrons. The van der Waals surface area contributed by atoms with Crippen LogP contribution in [0, 0.1) is 5.92 Å². The van der Waals surface area contributed by atoms with Gasteiger partial charge in [-0.15, -0.1) is 0 Å². The molecule has 0 spiro atoms. The highest BCUT2D eigenvalue weighted by molar-refractivity contribution is 7.80. The first-order valence-corrected chi connectivity index (χ1v) is 3.11. The Bertz CT molecular complexity index is 39.1. The molecule has 0 rings (SSSR count). The smallest absolute Gasteiger partial charge is 0.0920 e. The van der Waals surface area contributed by atoms with Gasteiger partial charge in [0.2, 0.25) is 0 Å². The summed E-state index contributed by atoms with van der Waals surface area (Å²) in [5.41, 5.74) is 0. The van der Waals surface area contributed by atoms with E-state index >= 15 is 0 Å². The Morgan fingerprint density at radius 3 is 2.43 bits per heavy atom. The van der Waals surface area contributed by atoms with Crippen molar-refractivity contribution in [1.29, 1.82) is 0 Å². The zero-order valence-corrected chi connectivity index (χ0v) is 5.42. The molecule has 0 N–H and O–H groups in total. The van der Waals surface area contributed by atoms with Gasteiger partial charge in [-0.3, -0.25) is 4.39 Å². The van der Waals surface area contributed by atoms with Crippen LogP contribution in [-0.4, -0.2) is 12.4 Å². The summed E-state index contributed by atoms with van der Waals surface area (Å²) in [6.07, 6.45) is 0.889. The molecular weight excluding hydrogens is 111 g/mol. The van der Waals surface area contributed by atoms with Gasteiger partial charge in [0.15, 0.2) is 0 Å². The van der Waals surface area contributed by atoms with Crippen molar-refractivity contribution >= 4 is 12.6 Å². The molecule has 1 atom stereocenters. The first kappa shape index (κ1) is 7.28. The third-order valence-electron chi connectivity index (χ3n) is 0.885. The summed E-state index contributed by atoms with van der Waals surface area (Å²) in [4.78, 5) is 0. The maximum absolute atomic E-state index is 11.5. The Morgan fingerprint density at radius 2 is 2.29 bits per heavy atom. The van der Waals surface area contributed by atoms with Crippen LogP contribution in [0.1, 0.15) is 13.3 Å². The largest absolute Gasteiger partial charge is 0.251 e. The molecule has 1 unspecified atom stereocenters. The summed E-state index contributed by atoms with van der Waals surface area (Å²) in [5, 5.41) is 0. The second-order valence-electron chi connectivity index (χ2n) is 1.77. The number of hydrogen-bond donors (Lipinski definition) is 1. The summed E-state index contributed by atoms with van der Waals surface area (Å²) in [5.74, 6) is 1.00. The minimum absolute atomic E-state index is 0.206. The fourth-order valence-corrected chi connectivity index (χ4v) is 0.738. The summed E-state index contributed by atoms with van der Waals surface area (Å²) >= 11 is 3.95. The van der Waals surface area contributed by atoms with Crippen LogP contribution in [0.3, 0.4) is 0 Å². The van der Waals surface area contributed by atoms with Gasteiger partial charge in [0.1, 0.15) is 0 Å². The van der Waals surface area contributed by atoms with Crippen LogP contribution in [0.25, 0.3) is 0 Å². The summed E-state index contributed by atoms with van der Waals surface area (Å²) in [6.45, 7) is 1.68. The van der Waals surface area contributed by atoms with Crippen LogP contribution in [0.5, 0.6) is 0 Å². The van der Waals surface area contributed by atoms with E-state index < -0.39 is 0 Å². The van der Waals surface area contributed by atoms with Crippen molar-refractivity contribution in [3.8, 4) is 0 Å². The van der Waals surface area contributed by atoms with E-state index in [-0.39, 0.29) is 12.6 Å². The van der Waals surface area contributed by atoms with E-state index in [0.29, 0.717) is 0 Å². The van der Waals surface area contributed by atoms with E-state index in [9.17, 15) is 4.39 Å². The predicted octanol–water partition coefficient (Wildman–Crippen LogP) is 1.91. The molecule has 0 bridgehead atoms. The Hall–Kier alpha value is 0.280. The van der Waals surface area contributed by atoms with Crippen molar-refractivity contribution in [3.05, 3.63) is 0 Å². The molecule has 0 aliphatic heterocycles. The maximum Gasteiger partial charge on any atom is 0.0920 e. The van der Waals surface area contributed by atoms with Gasteiger partial charge in [0, 0.05) is 0 Å². The SMILES string of the molecule is CC(CF)CCS. The zero-order valence-electron chi connectivity index (χ0n) is 4.52. The lowest BCUT2D eigenvalue weighted by Crippen LogP contribution is -1.96. The van der Waals surface area contributed by atoms with E-state index in [1.54, 1.807) is 0 Å². The molecular formula is C5H11FS. The van der Waals surface area contributed by atoms with Crippen molar-refractivity contribution in [1.82, 2.24) is 0 Å². The van der Waals surface area contributed by atoms with Gasteiger partial charge in [-0.05, 0) is 18.1 Å². The van der Waals surface area contributed by atoms with Gasteiger partial charge in [-0.25, -0.2) is 0 Å². The molecule has 0 amide bonds. The van der Waals surface area contributed by atoms with Gasteiger partial charge >= 0.3 is 0 Å². The molecule has 0 heterocycles. The van der Waals surface area contributed by atoms with Crippen molar-refractivity contribution in [2.45, 2.75) is 13.3 Å². The van der Waals surface area contributed by atoms with Gasteiger partial charge in [0.05, 0.1) is 6.67 Å². The molecule has 0 fully saturated rings. The Balaban J connectivity index is 2.83. The zero-order chi connectivity index (χ0) is 5.70. The second-order valence-corrected chi connectivity index (χ2v) is 2.22. The Kier molecular flexibility index (Phi) is 4.62. The minimum Gasteiger partial charge on any atom is -0.251 e. The lowest BCUT2D eigenvalue weighted by molar-refractivity contribution is 0.377. The highest BCUT2D eigenvalue weighted by Gasteiger charge is 1.95. The molecule has 0 aromatic heterocycles. The average Bonchev–Trinajstić information content (AvgIpc) is 1.68. The number of rotatable bonds is 3. The van der Waals surface area contributed by atoms with Crippen molar-refractivity contribution in [3.63, 3.8) is 0 Å². The number of alkyl halides is 1. The number of thiol groups is 1. The third-order valence-corrected chi connectivity index (χ3v) is 1.14. The lowest BCUT2D eigenvalue weighted by atomic mass is 10.1. The van der Waals surface area contributed by atoms with Gasteiger partial charge in [-0.1, -0.05) is 6.92 Å². The number of hydrogen-bond acceptors (Lipinski definition) is 1. The summed E-state index contributed by atoms with van der Waals surface area (Å²) < 4.78 is 11.5. The molecule has 0 radical (unpaired) electrons. The van der Waals surface area contributed by atoms with Crippen molar-refractivity contribution in [2.75, 3.05) is 12.4 Å². The molecule has 0 aromatic rings. The van der Waals surface area contributed by atoms with E-state index in [1.807, 2.05) is 6.92 Å². The molecule has 2 heteroatoms. The van der Waals surface area contributed by atoms with Crippen LogP contribution >= 0.6 is 12.6 Å². The minimum atomic E-state index is -0.208. The second kappa shape index (κ2) is 4.44. The molecule has 7 heavy (non-hydrogen) atoms. The van der Waals surface area contributed by atoms with Crippen molar-refractivity contribution in [2.24, 2.45) is 5.92 Å². The summed E-state index contributed by atoms with van der Waals surface area (Å²) in [7, 11) is 0. The maximum atomic E-state index is 11.5. The van der Waals surface area contributed by atoms with Crippen molar-refractivity contribution < 1.29 is 4.39 Å². The first-order valence-electron chi connectivity index (χ1n) is 2.48. The highest BCUT2D eigenvalue weighted by atomic mass is 32.1. The monoisotopic (exact) mass is 122 g/mol. The van der Waals surface area contributed by atoms with E-state index in [4.69, 9.17) is 0 Å². The fourth-order valence-electron chi connectivity index (χ4n) is 0.298. The molecule has 0 nitrogen and oxygen atoms in total. The molecule has 0 saturated carbocycles. The van der Waals surface area contributed by atoms with Crippen LogP contribution in [0.15, 0.2) is 0 Å². The van der Waals surface area contributed by atoms with Crippen LogP contribution in [0.2, 0.25) is 0 Å². The topological polar surface area (TPSA) is 0 Å². The van der Waals surface area contributed by atoms with Crippen LogP contribution < -0.4 is 0 Å². The van der Waals surface area contributed by atoms with E-state index in [0.717, 1.165) is 12.2 Å². The van der Waals surface area contributed by atoms with E-state index in [1.165, 1.54) is 0 Å². The third kappa shape index (κ3) is 4.13. The Morgan fingerprint density at radius 1 is 1.71 bits per heavy atom. The van der Waals surface area contributed by atoms with Crippen LogP contribution in [-0.2, 0) is 0 Å². The fraction of sp³-hybridized carbons (Fsp3) is 1.00. The van der Waals surface area contributed by atoms with Gasteiger partial charge < -0.3 is 0 Å². The van der Waals surface area contributed by atoms with Crippen LogP contribution in [0.4, 0.5) is 4.39 Å². The highest BCUT2D eigenvalue weighted by Crippen LogP contribution is 2.01. The lowest BCUT2D eigenvalue weighted by Gasteiger charge is -1.99. The average molecular weight is 122 g/mol. The predicted molar refractivity (Wildman–Crippen MR) is 33.6 cm³/mol. The molecule has 0 saturated heterocycles. The normalized spacial score (nSPS) is 14.1. The molecule has 0 aliphatic carbocycles. The molecule has 0 aliphatic rings. The molecule has 0 aromatic carbocycles. The van der Waals surface area contributed by atoms with Gasteiger partial charge in [-0.2, -0.15) is 12.6 Å².